The highest BCUT2D eigenvalue weighted by Gasteiger charge is 2.24. The Morgan fingerprint density at radius 2 is 2.14 bits per heavy atom. The summed E-state index contributed by atoms with van der Waals surface area (Å²) in [5.41, 5.74) is 0. The van der Waals surface area contributed by atoms with Gasteiger partial charge in [0.15, 0.2) is 0 Å². The van der Waals surface area contributed by atoms with Crippen LogP contribution in [0.3, 0.4) is 0 Å². The first-order chi connectivity index (χ1) is 10.4. The second-order valence-electron chi connectivity index (χ2n) is 5.03. The normalized spacial score (nSPS) is 19.8. The van der Waals surface area contributed by atoms with E-state index in [0.717, 1.165) is 37.1 Å². The molecule has 0 bridgehead atoms. The molecule has 1 aliphatic heterocycles. The predicted octanol–water partition coefficient (Wildman–Crippen LogP) is 1.21. The Labute approximate surface area is 128 Å². The summed E-state index contributed by atoms with van der Waals surface area (Å²) in [4.78, 5) is 11.7. The van der Waals surface area contributed by atoms with Crippen LogP contribution in [0.4, 0.5) is 4.39 Å². The molecule has 122 valence electrons. The Balaban J connectivity index is 1.90. The summed E-state index contributed by atoms with van der Waals surface area (Å²) < 4.78 is 49.4. The molecule has 2 rings (SSSR count). The number of carbonyl (C=O) groups is 1. The Hall–Kier alpha value is -1.51. The van der Waals surface area contributed by atoms with Gasteiger partial charge in [-0.15, -0.1) is 0 Å². The Morgan fingerprint density at radius 3 is 2.73 bits per heavy atom. The van der Waals surface area contributed by atoms with E-state index in [9.17, 15) is 17.6 Å². The van der Waals surface area contributed by atoms with E-state index in [4.69, 9.17) is 9.47 Å². The lowest BCUT2D eigenvalue weighted by molar-refractivity contribution is -0.131. The molecule has 0 saturated carbocycles. The summed E-state index contributed by atoms with van der Waals surface area (Å²) in [6, 6.07) is 4.19. The van der Waals surface area contributed by atoms with Crippen molar-refractivity contribution in [1.29, 1.82) is 0 Å². The summed E-state index contributed by atoms with van der Waals surface area (Å²) in [6.45, 7) is 2.38. The fraction of sp³-hybridized carbons (Fsp3) is 0.500. The topological polar surface area (TPSA) is 81.7 Å². The summed E-state index contributed by atoms with van der Waals surface area (Å²) >= 11 is 0. The zero-order valence-electron chi connectivity index (χ0n) is 12.1. The second-order valence-corrected chi connectivity index (χ2v) is 6.72. The first kappa shape index (κ1) is 16.9. The van der Waals surface area contributed by atoms with Gasteiger partial charge >= 0.3 is 0 Å². The molecular formula is C14H18FNO5S. The number of rotatable bonds is 6. The minimum Gasteiger partial charge on any atom is -0.376 e. The van der Waals surface area contributed by atoms with Crippen LogP contribution >= 0.6 is 0 Å². The molecule has 1 heterocycles. The monoisotopic (exact) mass is 331 g/mol. The van der Waals surface area contributed by atoms with Crippen molar-refractivity contribution in [1.82, 2.24) is 4.72 Å². The quantitative estimate of drug-likeness (QED) is 0.847. The van der Waals surface area contributed by atoms with Gasteiger partial charge in [-0.05, 0) is 44.0 Å². The van der Waals surface area contributed by atoms with Crippen LogP contribution in [-0.4, -0.2) is 39.7 Å². The molecule has 22 heavy (non-hydrogen) atoms. The van der Waals surface area contributed by atoms with Gasteiger partial charge in [-0.1, -0.05) is 0 Å². The molecule has 1 fully saturated rings. The number of nitrogens with one attached hydrogen (secondary N) is 1. The molecule has 1 aromatic rings. The molecule has 1 amide bonds. The van der Waals surface area contributed by atoms with Crippen molar-refractivity contribution in [2.75, 3.05) is 13.2 Å². The van der Waals surface area contributed by atoms with Crippen molar-refractivity contribution in [3.05, 3.63) is 30.1 Å². The average Bonchev–Trinajstić information content (AvgIpc) is 2.98. The van der Waals surface area contributed by atoms with E-state index < -0.39 is 27.9 Å². The molecule has 1 saturated heterocycles. The highest BCUT2D eigenvalue weighted by molar-refractivity contribution is 7.90. The average molecular weight is 331 g/mol. The number of sulfonamides is 1. The Bertz CT molecular complexity index is 611. The number of benzene rings is 1. The van der Waals surface area contributed by atoms with Gasteiger partial charge in [-0.25, -0.2) is 17.5 Å². The lowest BCUT2D eigenvalue weighted by Gasteiger charge is -2.16. The van der Waals surface area contributed by atoms with Gasteiger partial charge in [0.05, 0.1) is 17.6 Å². The largest absolute Gasteiger partial charge is 0.376 e. The molecule has 1 N–H and O–H groups in total. The number of carbonyl (C=O) groups excluding carboxylic acids is 1. The maximum Gasteiger partial charge on any atom is 0.264 e. The van der Waals surface area contributed by atoms with E-state index >= 15 is 0 Å². The van der Waals surface area contributed by atoms with Crippen molar-refractivity contribution in [3.8, 4) is 0 Å². The first-order valence-corrected chi connectivity index (χ1v) is 8.42. The SMILES string of the molecule is CC(OCC1CCCO1)C(=O)NS(=O)(=O)c1ccc(F)cc1. The lowest BCUT2D eigenvalue weighted by atomic mass is 10.2. The number of hydrogen-bond donors (Lipinski definition) is 1. The third-order valence-electron chi connectivity index (χ3n) is 3.28. The maximum atomic E-state index is 12.8. The second kappa shape index (κ2) is 7.17. The van der Waals surface area contributed by atoms with Crippen molar-refractivity contribution >= 4 is 15.9 Å². The fourth-order valence-corrected chi connectivity index (χ4v) is 3.03. The van der Waals surface area contributed by atoms with Gasteiger partial charge < -0.3 is 9.47 Å². The van der Waals surface area contributed by atoms with E-state index in [1.165, 1.54) is 6.92 Å². The number of halogens is 1. The third-order valence-corrected chi connectivity index (χ3v) is 4.65. The molecule has 1 aliphatic rings. The van der Waals surface area contributed by atoms with Crippen molar-refractivity contribution in [3.63, 3.8) is 0 Å². The highest BCUT2D eigenvalue weighted by Crippen LogP contribution is 2.13. The van der Waals surface area contributed by atoms with Crippen molar-refractivity contribution in [2.45, 2.75) is 36.9 Å². The van der Waals surface area contributed by atoms with Crippen molar-refractivity contribution in [2.24, 2.45) is 0 Å². The van der Waals surface area contributed by atoms with Gasteiger partial charge in [0.2, 0.25) is 0 Å². The van der Waals surface area contributed by atoms with Crippen LogP contribution in [0, 0.1) is 5.82 Å². The van der Waals surface area contributed by atoms with Gasteiger partial charge in [0.25, 0.3) is 15.9 Å². The summed E-state index contributed by atoms with van der Waals surface area (Å²) in [6.07, 6.45) is 0.832. The van der Waals surface area contributed by atoms with Crippen molar-refractivity contribution < 1.29 is 27.1 Å². The number of ether oxygens (including phenoxy) is 2. The molecule has 0 spiro atoms. The van der Waals surface area contributed by atoms with Gasteiger partial charge in [0, 0.05) is 6.61 Å². The lowest BCUT2D eigenvalue weighted by Crippen LogP contribution is -2.39. The first-order valence-electron chi connectivity index (χ1n) is 6.94. The molecule has 0 aromatic heterocycles. The summed E-state index contributed by atoms with van der Waals surface area (Å²) in [5, 5.41) is 0. The predicted molar refractivity (Wildman–Crippen MR) is 76.1 cm³/mol. The summed E-state index contributed by atoms with van der Waals surface area (Å²) in [5.74, 6) is -1.33. The number of amides is 1. The maximum absolute atomic E-state index is 12.8. The fourth-order valence-electron chi connectivity index (χ4n) is 1.99. The summed E-state index contributed by atoms with van der Waals surface area (Å²) in [7, 11) is -4.04. The van der Waals surface area contributed by atoms with E-state index in [0.29, 0.717) is 6.61 Å². The standard InChI is InChI=1S/C14H18FNO5S/c1-10(21-9-12-3-2-8-20-12)14(17)16-22(18,19)13-6-4-11(15)5-7-13/h4-7,10,12H,2-3,8-9H2,1H3,(H,16,17). The minimum atomic E-state index is -4.04. The van der Waals surface area contributed by atoms with Crippen LogP contribution in [0.1, 0.15) is 19.8 Å². The molecule has 6 nitrogen and oxygen atoms in total. The van der Waals surface area contributed by atoms with Crippen LogP contribution in [0.2, 0.25) is 0 Å². The molecule has 2 unspecified atom stereocenters. The van der Waals surface area contributed by atoms with Gasteiger partial charge in [0.1, 0.15) is 11.9 Å². The van der Waals surface area contributed by atoms with Gasteiger partial charge in [-0.3, -0.25) is 4.79 Å². The van der Waals surface area contributed by atoms with E-state index in [1.54, 1.807) is 0 Å². The zero-order chi connectivity index (χ0) is 16.2. The molecule has 0 aliphatic carbocycles. The third kappa shape index (κ3) is 4.49. The van der Waals surface area contributed by atoms with Crippen LogP contribution in [0.5, 0.6) is 0 Å². The van der Waals surface area contributed by atoms with Crippen LogP contribution in [-0.2, 0) is 24.3 Å². The molecular weight excluding hydrogens is 313 g/mol. The molecule has 0 radical (unpaired) electrons. The van der Waals surface area contributed by atoms with Crippen LogP contribution in [0.25, 0.3) is 0 Å². The molecule has 2 atom stereocenters. The molecule has 8 heteroatoms. The van der Waals surface area contributed by atoms with Crippen LogP contribution < -0.4 is 4.72 Å². The minimum absolute atomic E-state index is 0.0519. The zero-order valence-corrected chi connectivity index (χ0v) is 12.9. The highest BCUT2D eigenvalue weighted by atomic mass is 32.2. The van der Waals surface area contributed by atoms with Crippen LogP contribution in [0.15, 0.2) is 29.2 Å². The Kier molecular flexibility index (Phi) is 5.49. The van der Waals surface area contributed by atoms with E-state index in [2.05, 4.69) is 0 Å². The molecule has 1 aromatic carbocycles. The Morgan fingerprint density at radius 1 is 1.45 bits per heavy atom. The van der Waals surface area contributed by atoms with Gasteiger partial charge in [-0.2, -0.15) is 0 Å². The smallest absolute Gasteiger partial charge is 0.264 e. The van der Waals surface area contributed by atoms with E-state index in [1.807, 2.05) is 4.72 Å². The number of hydrogen-bond acceptors (Lipinski definition) is 5. The van der Waals surface area contributed by atoms with E-state index in [-0.39, 0.29) is 17.6 Å².